The Bertz CT molecular complexity index is 1160. The molecule has 2 atom stereocenters. The first-order chi connectivity index (χ1) is 24.4. The summed E-state index contributed by atoms with van der Waals surface area (Å²) < 4.78 is 0. The van der Waals surface area contributed by atoms with Crippen LogP contribution >= 0.6 is 0 Å². The molecule has 0 spiro atoms. The van der Waals surface area contributed by atoms with Gasteiger partial charge in [0, 0.05) is 12.1 Å². The number of hydrogen-bond acceptors (Lipinski definition) is 6. The van der Waals surface area contributed by atoms with Gasteiger partial charge in [0.25, 0.3) is 0 Å². The number of benzene rings is 3. The molecule has 3 aromatic carbocycles. The molecule has 2 unspecified atom stereocenters. The summed E-state index contributed by atoms with van der Waals surface area (Å²) in [4.78, 5) is 0. The lowest BCUT2D eigenvalue weighted by atomic mass is 9.96. The highest BCUT2D eigenvalue weighted by Crippen LogP contribution is 2.27. The minimum atomic E-state index is 0.167. The SMILES string of the molecule is CCC(CC)CNCCCNCCC(N)Cc1ccc(-c2cccc(-c3ccc(CC(N)CCNCCCNCC(CC)CC)cc3)c2)cc1. The highest BCUT2D eigenvalue weighted by Gasteiger charge is 2.09. The second kappa shape index (κ2) is 25.4. The van der Waals surface area contributed by atoms with Crippen molar-refractivity contribution in [2.75, 3.05) is 52.4 Å². The maximum atomic E-state index is 6.50. The number of nitrogens with two attached hydrogens (primary N) is 2. The second-order valence-electron chi connectivity index (χ2n) is 14.5. The van der Waals surface area contributed by atoms with E-state index < -0.39 is 0 Å². The van der Waals surface area contributed by atoms with Crippen molar-refractivity contribution in [3.8, 4) is 22.3 Å². The molecule has 0 saturated carbocycles. The number of nitrogens with one attached hydrogen (secondary N) is 4. The van der Waals surface area contributed by atoms with Gasteiger partial charge in [0.05, 0.1) is 0 Å². The Morgan fingerprint density at radius 2 is 0.840 bits per heavy atom. The third-order valence-corrected chi connectivity index (χ3v) is 10.4. The van der Waals surface area contributed by atoms with Crippen molar-refractivity contribution in [2.45, 2.75) is 104 Å². The standard InChI is InChI=1S/C44H72N6/c1-5-35(6-2)33-49-26-10-24-47-28-22-43(45)30-37-14-18-39(19-15-37)41-12-9-13-42(32-41)40-20-16-38(17-21-40)31-44(46)23-29-48-25-11-27-50-34-36(7-3)8-4/h9,12-21,32,35-36,43-44,47-50H,5-8,10-11,22-31,33-34,45-46H2,1-4H3. The second-order valence-corrected chi connectivity index (χ2v) is 14.5. The topological polar surface area (TPSA) is 100 Å². The molecule has 0 aliphatic rings. The van der Waals surface area contributed by atoms with Crippen LogP contribution in [0.1, 0.15) is 90.2 Å². The average Bonchev–Trinajstić information content (AvgIpc) is 3.14. The van der Waals surface area contributed by atoms with Gasteiger partial charge in [-0.2, -0.15) is 0 Å². The molecular weight excluding hydrogens is 613 g/mol. The van der Waals surface area contributed by atoms with Crippen LogP contribution in [0.5, 0.6) is 0 Å². The molecule has 0 aliphatic carbocycles. The van der Waals surface area contributed by atoms with Crippen molar-refractivity contribution in [1.29, 1.82) is 0 Å². The molecule has 0 radical (unpaired) electrons. The fourth-order valence-electron chi connectivity index (χ4n) is 6.62. The molecular formula is C44H72N6. The van der Waals surface area contributed by atoms with Crippen LogP contribution in [0, 0.1) is 11.8 Å². The van der Waals surface area contributed by atoms with Crippen molar-refractivity contribution in [2.24, 2.45) is 23.3 Å². The zero-order valence-corrected chi connectivity index (χ0v) is 32.1. The maximum Gasteiger partial charge on any atom is 0.00914 e. The first-order valence-electron chi connectivity index (χ1n) is 20.1. The van der Waals surface area contributed by atoms with Gasteiger partial charge in [0.2, 0.25) is 0 Å². The van der Waals surface area contributed by atoms with Gasteiger partial charge in [-0.1, -0.05) is 120 Å². The predicted octanol–water partition coefficient (Wildman–Crippen LogP) is 7.55. The summed E-state index contributed by atoms with van der Waals surface area (Å²) in [5.41, 5.74) is 20.5. The Morgan fingerprint density at radius 3 is 1.22 bits per heavy atom. The lowest BCUT2D eigenvalue weighted by molar-refractivity contribution is 0.444. The van der Waals surface area contributed by atoms with E-state index in [-0.39, 0.29) is 12.1 Å². The van der Waals surface area contributed by atoms with Gasteiger partial charge in [-0.25, -0.2) is 0 Å². The van der Waals surface area contributed by atoms with Crippen molar-refractivity contribution in [1.82, 2.24) is 21.3 Å². The molecule has 0 bridgehead atoms. The molecule has 0 heterocycles. The van der Waals surface area contributed by atoms with Crippen molar-refractivity contribution in [3.63, 3.8) is 0 Å². The van der Waals surface area contributed by atoms with Gasteiger partial charge in [0.1, 0.15) is 0 Å². The molecule has 0 fully saturated rings. The van der Waals surface area contributed by atoms with Gasteiger partial charge < -0.3 is 32.7 Å². The van der Waals surface area contributed by atoms with Crippen LogP contribution in [-0.4, -0.2) is 64.4 Å². The van der Waals surface area contributed by atoms with Crippen LogP contribution in [0.25, 0.3) is 22.3 Å². The lowest BCUT2D eigenvalue weighted by Gasteiger charge is -2.14. The van der Waals surface area contributed by atoms with Gasteiger partial charge in [0.15, 0.2) is 0 Å². The average molecular weight is 685 g/mol. The Hall–Kier alpha value is -2.58. The minimum absolute atomic E-state index is 0.167. The van der Waals surface area contributed by atoms with Crippen LogP contribution in [0.3, 0.4) is 0 Å². The minimum Gasteiger partial charge on any atom is -0.327 e. The van der Waals surface area contributed by atoms with Crippen molar-refractivity contribution < 1.29 is 0 Å². The summed E-state index contributed by atoms with van der Waals surface area (Å²) in [5, 5.41) is 14.3. The smallest absolute Gasteiger partial charge is 0.00914 e. The van der Waals surface area contributed by atoms with E-state index in [9.17, 15) is 0 Å². The largest absolute Gasteiger partial charge is 0.327 e. The summed E-state index contributed by atoms with van der Waals surface area (Å²) in [6.07, 6.45) is 11.2. The van der Waals surface area contributed by atoms with Crippen molar-refractivity contribution >= 4 is 0 Å². The monoisotopic (exact) mass is 685 g/mol. The zero-order chi connectivity index (χ0) is 35.8. The predicted molar refractivity (Wildman–Crippen MR) is 219 cm³/mol. The lowest BCUT2D eigenvalue weighted by Crippen LogP contribution is -2.30. The molecule has 0 amide bonds. The number of rotatable bonds is 28. The Labute approximate surface area is 306 Å². The maximum absolute atomic E-state index is 6.50. The highest BCUT2D eigenvalue weighted by molar-refractivity contribution is 5.73. The molecule has 278 valence electrons. The summed E-state index contributed by atoms with van der Waals surface area (Å²) in [7, 11) is 0. The van der Waals surface area contributed by atoms with E-state index >= 15 is 0 Å². The Morgan fingerprint density at radius 1 is 0.460 bits per heavy atom. The third-order valence-electron chi connectivity index (χ3n) is 10.4. The van der Waals surface area contributed by atoms with Gasteiger partial charge in [-0.3, -0.25) is 0 Å². The molecule has 3 rings (SSSR count). The molecule has 6 heteroatoms. The highest BCUT2D eigenvalue weighted by atomic mass is 14.9. The fourth-order valence-corrected chi connectivity index (χ4v) is 6.62. The fraction of sp³-hybridized carbons (Fsp3) is 0.591. The molecule has 8 N–H and O–H groups in total. The number of hydrogen-bond donors (Lipinski definition) is 6. The van der Waals surface area contributed by atoms with Crippen LogP contribution < -0.4 is 32.7 Å². The van der Waals surface area contributed by atoms with Crippen LogP contribution in [0.4, 0.5) is 0 Å². The summed E-state index contributed by atoms with van der Waals surface area (Å²) in [5.74, 6) is 1.62. The Balaban J connectivity index is 1.34. The molecule has 0 aliphatic heterocycles. The molecule has 50 heavy (non-hydrogen) atoms. The van der Waals surface area contributed by atoms with Crippen LogP contribution in [-0.2, 0) is 12.8 Å². The van der Waals surface area contributed by atoms with E-state index in [1.165, 1.54) is 59.1 Å². The van der Waals surface area contributed by atoms with E-state index in [1.54, 1.807) is 0 Å². The van der Waals surface area contributed by atoms with Gasteiger partial charge in [-0.15, -0.1) is 0 Å². The molecule has 0 aromatic heterocycles. The summed E-state index contributed by atoms with van der Waals surface area (Å²) in [6, 6.07) is 27.1. The Kier molecular flexibility index (Phi) is 21.2. The first-order valence-corrected chi connectivity index (χ1v) is 20.1. The van der Waals surface area contributed by atoms with Gasteiger partial charge >= 0.3 is 0 Å². The van der Waals surface area contributed by atoms with E-state index in [4.69, 9.17) is 11.5 Å². The molecule has 0 saturated heterocycles. The summed E-state index contributed by atoms with van der Waals surface area (Å²) in [6.45, 7) is 17.6. The van der Waals surface area contributed by atoms with E-state index in [1.807, 2.05) is 0 Å². The molecule has 6 nitrogen and oxygen atoms in total. The van der Waals surface area contributed by atoms with E-state index in [0.29, 0.717) is 0 Å². The first kappa shape index (κ1) is 41.8. The van der Waals surface area contributed by atoms with E-state index in [0.717, 1.165) is 103 Å². The normalized spacial score (nSPS) is 13.0. The van der Waals surface area contributed by atoms with Crippen molar-refractivity contribution in [3.05, 3.63) is 83.9 Å². The van der Waals surface area contributed by atoms with Crippen LogP contribution in [0.2, 0.25) is 0 Å². The van der Waals surface area contributed by atoms with E-state index in [2.05, 4.69) is 122 Å². The quantitative estimate of drug-likeness (QED) is 0.0442. The van der Waals surface area contributed by atoms with Gasteiger partial charge in [-0.05, 0) is 142 Å². The third kappa shape index (κ3) is 16.6. The summed E-state index contributed by atoms with van der Waals surface area (Å²) >= 11 is 0. The zero-order valence-electron chi connectivity index (χ0n) is 32.1. The van der Waals surface area contributed by atoms with Crippen LogP contribution in [0.15, 0.2) is 72.8 Å². The molecule has 3 aromatic rings.